The summed E-state index contributed by atoms with van der Waals surface area (Å²) < 4.78 is 3.81. The van der Waals surface area contributed by atoms with E-state index in [9.17, 15) is 19.5 Å². The monoisotopic (exact) mass is 390 g/mol. The number of hydrogen-bond acceptors (Lipinski definition) is 6. The number of benzene rings is 1. The Kier molecular flexibility index (Phi) is 5.47. The average Bonchev–Trinajstić information content (AvgIpc) is 3.01. The van der Waals surface area contributed by atoms with Crippen LogP contribution in [0.2, 0.25) is 0 Å². The third-order valence-electron chi connectivity index (χ3n) is 4.03. The van der Waals surface area contributed by atoms with Gasteiger partial charge in [-0.2, -0.15) is 0 Å². The summed E-state index contributed by atoms with van der Waals surface area (Å²) in [6.07, 6.45) is 0. The van der Waals surface area contributed by atoms with Crippen molar-refractivity contribution in [2.45, 2.75) is 18.2 Å². The van der Waals surface area contributed by atoms with E-state index in [-0.39, 0.29) is 30.1 Å². The zero-order chi connectivity index (χ0) is 19.6. The fourth-order valence-electron chi connectivity index (χ4n) is 2.80. The van der Waals surface area contributed by atoms with Gasteiger partial charge in [-0.1, -0.05) is 42.1 Å². The number of fused-ring (bicyclic) bond motifs is 1. The third kappa shape index (κ3) is 3.67. The van der Waals surface area contributed by atoms with Crippen LogP contribution in [0.1, 0.15) is 5.56 Å². The molecule has 2 heterocycles. The molecule has 0 aliphatic heterocycles. The number of carboxylic acids is 1. The topological polar surface area (TPSA) is 119 Å². The summed E-state index contributed by atoms with van der Waals surface area (Å²) in [7, 11) is 1.49. The van der Waals surface area contributed by atoms with E-state index < -0.39 is 17.2 Å². The summed E-state index contributed by atoms with van der Waals surface area (Å²) >= 11 is 0.982. The van der Waals surface area contributed by atoms with Gasteiger partial charge in [0.2, 0.25) is 0 Å². The lowest BCUT2D eigenvalue weighted by atomic mass is 10.2. The molecule has 142 valence electrons. The van der Waals surface area contributed by atoms with Gasteiger partial charge in [-0.15, -0.1) is 0 Å². The number of carboxylic acid groups (broad SMARTS) is 1. The second-order valence-corrected chi connectivity index (χ2v) is 6.79. The number of nitrogens with zero attached hydrogens (tertiary/aromatic N) is 4. The molecular formula is C17H18N4O5S. The van der Waals surface area contributed by atoms with Crippen LogP contribution < -0.4 is 11.2 Å². The van der Waals surface area contributed by atoms with Crippen molar-refractivity contribution in [1.82, 2.24) is 18.7 Å². The molecule has 0 bridgehead atoms. The molecule has 0 saturated carbocycles. The molecule has 10 heteroatoms. The van der Waals surface area contributed by atoms with Crippen LogP contribution in [0.15, 0.2) is 45.1 Å². The predicted molar refractivity (Wildman–Crippen MR) is 100 cm³/mol. The van der Waals surface area contributed by atoms with E-state index in [1.807, 2.05) is 30.3 Å². The van der Waals surface area contributed by atoms with E-state index in [2.05, 4.69) is 4.98 Å². The number of aromatic nitrogens is 4. The van der Waals surface area contributed by atoms with E-state index in [0.717, 1.165) is 21.9 Å². The second-order valence-electron chi connectivity index (χ2n) is 5.84. The van der Waals surface area contributed by atoms with Crippen molar-refractivity contribution in [1.29, 1.82) is 0 Å². The number of thioether (sulfide) groups is 1. The minimum atomic E-state index is -1.01. The zero-order valence-electron chi connectivity index (χ0n) is 14.5. The number of aliphatic carboxylic acids is 1. The standard InChI is InChI=1S/C17H18N4O5S/c1-19-14-13(15(25)20(7-8-22)17(19)26)21(9-11-5-3-2-4-6-11)16(18-14)27-10-12(23)24/h2-6,22H,7-10H2,1H3,(H,23,24). The Morgan fingerprint density at radius 3 is 2.52 bits per heavy atom. The van der Waals surface area contributed by atoms with E-state index in [4.69, 9.17) is 5.11 Å². The van der Waals surface area contributed by atoms with Crippen LogP contribution in [-0.4, -0.2) is 47.2 Å². The van der Waals surface area contributed by atoms with Crippen molar-refractivity contribution in [3.63, 3.8) is 0 Å². The first kappa shape index (κ1) is 18.9. The van der Waals surface area contributed by atoms with E-state index in [1.165, 1.54) is 11.6 Å². The molecule has 3 aromatic rings. The number of hydrogen-bond donors (Lipinski definition) is 2. The number of aliphatic hydroxyl groups is 1. The molecule has 2 N–H and O–H groups in total. The molecule has 27 heavy (non-hydrogen) atoms. The summed E-state index contributed by atoms with van der Waals surface area (Å²) in [4.78, 5) is 40.6. The number of aliphatic hydroxyl groups excluding tert-OH is 1. The van der Waals surface area contributed by atoms with Gasteiger partial charge >= 0.3 is 11.7 Å². The Morgan fingerprint density at radius 1 is 1.19 bits per heavy atom. The molecule has 0 amide bonds. The van der Waals surface area contributed by atoms with Crippen LogP contribution >= 0.6 is 11.8 Å². The molecule has 3 rings (SSSR count). The highest BCUT2D eigenvalue weighted by Gasteiger charge is 2.21. The molecule has 9 nitrogen and oxygen atoms in total. The zero-order valence-corrected chi connectivity index (χ0v) is 15.3. The van der Waals surface area contributed by atoms with Gasteiger partial charge in [0.15, 0.2) is 16.3 Å². The summed E-state index contributed by atoms with van der Waals surface area (Å²) in [5.74, 6) is -1.23. The lowest BCUT2D eigenvalue weighted by molar-refractivity contribution is -0.133. The predicted octanol–water partition coefficient (Wildman–Crippen LogP) is 0.114. The number of carbonyl (C=O) groups is 1. The van der Waals surface area contributed by atoms with Gasteiger partial charge in [0.05, 0.1) is 25.4 Å². The highest BCUT2D eigenvalue weighted by atomic mass is 32.2. The second kappa shape index (κ2) is 7.80. The Hall–Kier alpha value is -2.85. The third-order valence-corrected chi connectivity index (χ3v) is 4.99. The smallest absolute Gasteiger partial charge is 0.332 e. The molecule has 0 aliphatic carbocycles. The highest BCUT2D eigenvalue weighted by molar-refractivity contribution is 7.99. The molecule has 0 radical (unpaired) electrons. The van der Waals surface area contributed by atoms with Crippen molar-refractivity contribution < 1.29 is 15.0 Å². The van der Waals surface area contributed by atoms with Crippen LogP contribution in [0.3, 0.4) is 0 Å². The van der Waals surface area contributed by atoms with Gasteiger partial charge in [-0.05, 0) is 5.56 Å². The largest absolute Gasteiger partial charge is 0.481 e. The van der Waals surface area contributed by atoms with Crippen LogP contribution in [0.25, 0.3) is 11.2 Å². The summed E-state index contributed by atoms with van der Waals surface area (Å²) in [5.41, 5.74) is 0.134. The Balaban J connectivity index is 2.27. The van der Waals surface area contributed by atoms with Crippen molar-refractivity contribution >= 4 is 28.9 Å². The number of aryl methyl sites for hydroxylation is 1. The Morgan fingerprint density at radius 2 is 1.89 bits per heavy atom. The van der Waals surface area contributed by atoms with Gasteiger partial charge < -0.3 is 14.8 Å². The first-order valence-corrected chi connectivity index (χ1v) is 9.12. The molecule has 0 aliphatic rings. The molecule has 1 aromatic carbocycles. The molecule has 0 saturated heterocycles. The maximum atomic E-state index is 12.9. The Bertz CT molecular complexity index is 1100. The minimum Gasteiger partial charge on any atom is -0.481 e. The molecule has 0 spiro atoms. The van der Waals surface area contributed by atoms with Crippen molar-refractivity contribution in [2.24, 2.45) is 7.05 Å². The van der Waals surface area contributed by atoms with Crippen LogP contribution in [0.5, 0.6) is 0 Å². The lowest BCUT2D eigenvalue weighted by Gasteiger charge is -2.10. The Labute approximate surface area is 157 Å². The summed E-state index contributed by atoms with van der Waals surface area (Å²) in [5, 5.41) is 18.5. The fourth-order valence-corrected chi connectivity index (χ4v) is 3.51. The quantitative estimate of drug-likeness (QED) is 0.550. The lowest BCUT2D eigenvalue weighted by Crippen LogP contribution is -2.40. The van der Waals surface area contributed by atoms with E-state index in [1.54, 1.807) is 4.57 Å². The maximum Gasteiger partial charge on any atom is 0.332 e. The molecule has 0 atom stereocenters. The van der Waals surface area contributed by atoms with Crippen LogP contribution in [0, 0.1) is 0 Å². The van der Waals surface area contributed by atoms with Crippen molar-refractivity contribution in [3.05, 3.63) is 56.7 Å². The SMILES string of the molecule is Cn1c(=O)n(CCO)c(=O)c2c1nc(SCC(=O)O)n2Cc1ccccc1. The maximum absolute atomic E-state index is 12.9. The fraction of sp³-hybridized carbons (Fsp3) is 0.294. The minimum absolute atomic E-state index is 0.129. The summed E-state index contributed by atoms with van der Waals surface area (Å²) in [6, 6.07) is 9.35. The summed E-state index contributed by atoms with van der Waals surface area (Å²) in [6.45, 7) is -0.185. The average molecular weight is 390 g/mol. The number of imidazole rings is 1. The molecule has 0 fully saturated rings. The van der Waals surface area contributed by atoms with Crippen molar-refractivity contribution in [3.8, 4) is 0 Å². The highest BCUT2D eigenvalue weighted by Crippen LogP contribution is 2.22. The van der Waals surface area contributed by atoms with E-state index in [0.29, 0.717) is 11.7 Å². The first-order chi connectivity index (χ1) is 12.9. The van der Waals surface area contributed by atoms with Crippen LogP contribution in [-0.2, 0) is 24.9 Å². The number of rotatable bonds is 7. The van der Waals surface area contributed by atoms with E-state index >= 15 is 0 Å². The van der Waals surface area contributed by atoms with Crippen molar-refractivity contribution in [2.75, 3.05) is 12.4 Å². The molecular weight excluding hydrogens is 372 g/mol. The van der Waals surface area contributed by atoms with Gasteiger partial charge in [0.25, 0.3) is 5.56 Å². The van der Waals surface area contributed by atoms with Gasteiger partial charge in [0, 0.05) is 7.05 Å². The normalized spacial score (nSPS) is 11.2. The molecule has 0 unspecified atom stereocenters. The van der Waals surface area contributed by atoms with Crippen LogP contribution in [0.4, 0.5) is 0 Å². The first-order valence-electron chi connectivity index (χ1n) is 8.13. The molecule has 2 aromatic heterocycles. The van der Waals surface area contributed by atoms with Gasteiger partial charge in [-0.25, -0.2) is 9.78 Å². The van der Waals surface area contributed by atoms with Gasteiger partial charge in [-0.3, -0.25) is 18.7 Å². The van der Waals surface area contributed by atoms with Gasteiger partial charge in [0.1, 0.15) is 0 Å².